The normalized spacial score (nSPS) is 12.0. The lowest BCUT2D eigenvalue weighted by Gasteiger charge is -2.14. The van der Waals surface area contributed by atoms with E-state index in [2.05, 4.69) is 0 Å². The molecule has 7 heteroatoms. The van der Waals surface area contributed by atoms with E-state index in [9.17, 15) is 20.0 Å². The topological polar surface area (TPSA) is 94.6 Å². The van der Waals surface area contributed by atoms with E-state index in [1.807, 2.05) is 36.4 Å². The molecule has 1 heterocycles. The van der Waals surface area contributed by atoms with Crippen LogP contribution in [-0.4, -0.2) is 27.3 Å². The van der Waals surface area contributed by atoms with Crippen LogP contribution in [0.25, 0.3) is 10.8 Å². The summed E-state index contributed by atoms with van der Waals surface area (Å²) in [5, 5.41) is 22.9. The van der Waals surface area contributed by atoms with E-state index in [0.717, 1.165) is 33.7 Å². The minimum Gasteiger partial charge on any atom is -0.491 e. The number of aliphatic hydroxyl groups is 1. The maximum Gasteiger partial charge on any atom is 0.285 e. The molecule has 3 rings (SSSR count). The maximum absolute atomic E-state index is 11.7. The van der Waals surface area contributed by atoms with Gasteiger partial charge < -0.3 is 14.4 Å². The number of nitrogens with zero attached hydrogens (tertiary/aromatic N) is 2. The van der Waals surface area contributed by atoms with Gasteiger partial charge in [0.05, 0.1) is 17.7 Å². The van der Waals surface area contributed by atoms with E-state index in [4.69, 9.17) is 4.74 Å². The standard InChI is InChI=1S/C18H16N2O5/c21-16(11-19-10-15(20(23)24)6-8-18(19)22)12-25-17-7-5-13-3-1-2-4-14(13)9-17/h1-10,16,21H,11-12H2/t16-/m1/s1. The molecule has 7 nitrogen and oxygen atoms in total. The van der Waals surface area contributed by atoms with Crippen molar-refractivity contribution in [3.05, 3.63) is 81.3 Å². The second kappa shape index (κ2) is 7.14. The summed E-state index contributed by atoms with van der Waals surface area (Å²) in [7, 11) is 0. The highest BCUT2D eigenvalue weighted by Crippen LogP contribution is 2.20. The molecule has 1 aromatic heterocycles. The van der Waals surface area contributed by atoms with Gasteiger partial charge >= 0.3 is 0 Å². The third kappa shape index (κ3) is 4.02. The van der Waals surface area contributed by atoms with Crippen molar-refractivity contribution in [2.75, 3.05) is 6.61 Å². The van der Waals surface area contributed by atoms with E-state index in [-0.39, 0.29) is 18.8 Å². The first-order valence-corrected chi connectivity index (χ1v) is 7.67. The molecular weight excluding hydrogens is 324 g/mol. The van der Waals surface area contributed by atoms with Crippen LogP contribution in [0.3, 0.4) is 0 Å². The van der Waals surface area contributed by atoms with Crippen molar-refractivity contribution in [3.63, 3.8) is 0 Å². The van der Waals surface area contributed by atoms with Crippen molar-refractivity contribution >= 4 is 16.5 Å². The number of nitro groups is 1. The van der Waals surface area contributed by atoms with E-state index < -0.39 is 16.6 Å². The highest BCUT2D eigenvalue weighted by Gasteiger charge is 2.12. The Morgan fingerprint density at radius 2 is 1.88 bits per heavy atom. The molecule has 25 heavy (non-hydrogen) atoms. The Hall–Kier alpha value is -3.19. The molecule has 0 aliphatic rings. The van der Waals surface area contributed by atoms with Gasteiger partial charge in [0.25, 0.3) is 11.2 Å². The molecule has 0 saturated heterocycles. The van der Waals surface area contributed by atoms with Gasteiger partial charge in [-0.3, -0.25) is 14.9 Å². The van der Waals surface area contributed by atoms with Gasteiger partial charge in [-0.05, 0) is 22.9 Å². The van der Waals surface area contributed by atoms with Crippen molar-refractivity contribution in [1.29, 1.82) is 0 Å². The molecule has 0 spiro atoms. The molecule has 0 radical (unpaired) electrons. The Bertz CT molecular complexity index is 967. The fourth-order valence-corrected chi connectivity index (χ4v) is 2.50. The van der Waals surface area contributed by atoms with E-state index in [0.29, 0.717) is 5.75 Å². The Kier molecular flexibility index (Phi) is 4.76. The lowest BCUT2D eigenvalue weighted by molar-refractivity contribution is -0.385. The number of aromatic nitrogens is 1. The van der Waals surface area contributed by atoms with Crippen molar-refractivity contribution < 1.29 is 14.8 Å². The summed E-state index contributed by atoms with van der Waals surface area (Å²) in [6.07, 6.45) is 0.132. The van der Waals surface area contributed by atoms with Gasteiger partial charge in [-0.1, -0.05) is 30.3 Å². The third-order valence-corrected chi connectivity index (χ3v) is 3.75. The summed E-state index contributed by atoms with van der Waals surface area (Å²) in [5.74, 6) is 0.601. The Balaban J connectivity index is 1.66. The smallest absolute Gasteiger partial charge is 0.285 e. The molecule has 0 aliphatic carbocycles. The minimum atomic E-state index is -0.980. The van der Waals surface area contributed by atoms with Crippen LogP contribution in [0.5, 0.6) is 5.75 Å². The largest absolute Gasteiger partial charge is 0.491 e. The van der Waals surface area contributed by atoms with E-state index >= 15 is 0 Å². The highest BCUT2D eigenvalue weighted by atomic mass is 16.6. The fourth-order valence-electron chi connectivity index (χ4n) is 2.50. The number of hydrogen-bond acceptors (Lipinski definition) is 5. The Morgan fingerprint density at radius 1 is 1.12 bits per heavy atom. The first-order valence-electron chi connectivity index (χ1n) is 7.67. The molecule has 1 N–H and O–H groups in total. The number of benzene rings is 2. The van der Waals surface area contributed by atoms with Crippen LogP contribution in [0.15, 0.2) is 65.6 Å². The zero-order valence-corrected chi connectivity index (χ0v) is 13.2. The van der Waals surface area contributed by atoms with Gasteiger partial charge in [0.2, 0.25) is 0 Å². The van der Waals surface area contributed by atoms with Crippen LogP contribution >= 0.6 is 0 Å². The number of hydrogen-bond donors (Lipinski definition) is 1. The summed E-state index contributed by atoms with van der Waals surface area (Å²) in [5.41, 5.74) is -0.627. The van der Waals surface area contributed by atoms with Gasteiger partial charge in [0.1, 0.15) is 18.5 Å². The molecule has 0 unspecified atom stereocenters. The highest BCUT2D eigenvalue weighted by molar-refractivity contribution is 5.83. The number of rotatable bonds is 6. The van der Waals surface area contributed by atoms with Crippen LogP contribution in [0, 0.1) is 10.1 Å². The first kappa shape index (κ1) is 16.7. The number of fused-ring (bicyclic) bond motifs is 1. The van der Waals surface area contributed by atoms with Crippen LogP contribution in [-0.2, 0) is 6.54 Å². The molecule has 3 aromatic rings. The van der Waals surface area contributed by atoms with Crippen molar-refractivity contribution in [1.82, 2.24) is 4.57 Å². The molecule has 0 aliphatic heterocycles. The number of ether oxygens (including phenoxy) is 1. The van der Waals surface area contributed by atoms with Crippen molar-refractivity contribution in [2.24, 2.45) is 0 Å². The van der Waals surface area contributed by atoms with Gasteiger partial charge in [0.15, 0.2) is 0 Å². The van der Waals surface area contributed by atoms with Gasteiger partial charge in [-0.15, -0.1) is 0 Å². The Labute approximate surface area is 142 Å². The van der Waals surface area contributed by atoms with Gasteiger partial charge in [0, 0.05) is 12.1 Å². The summed E-state index contributed by atoms with van der Waals surface area (Å²) in [4.78, 5) is 21.9. The minimum absolute atomic E-state index is 0.0343. The quantitative estimate of drug-likeness (QED) is 0.549. The molecule has 128 valence electrons. The zero-order chi connectivity index (χ0) is 17.8. The predicted molar refractivity (Wildman–Crippen MR) is 92.8 cm³/mol. The summed E-state index contributed by atoms with van der Waals surface area (Å²) in [6, 6.07) is 15.6. The predicted octanol–water partition coefficient (Wildman–Crippen LogP) is 2.35. The summed E-state index contributed by atoms with van der Waals surface area (Å²) >= 11 is 0. The monoisotopic (exact) mass is 340 g/mol. The second-order valence-electron chi connectivity index (χ2n) is 5.61. The molecular formula is C18H16N2O5. The average molecular weight is 340 g/mol. The van der Waals surface area contributed by atoms with Crippen LogP contribution in [0.1, 0.15) is 0 Å². The van der Waals surface area contributed by atoms with Crippen molar-refractivity contribution in [2.45, 2.75) is 12.6 Å². The van der Waals surface area contributed by atoms with E-state index in [1.165, 1.54) is 0 Å². The lowest BCUT2D eigenvalue weighted by atomic mass is 10.1. The summed E-state index contributed by atoms with van der Waals surface area (Å²) < 4.78 is 6.67. The van der Waals surface area contributed by atoms with Gasteiger partial charge in [-0.25, -0.2) is 0 Å². The Morgan fingerprint density at radius 3 is 2.64 bits per heavy atom. The fraction of sp³-hybridized carbons (Fsp3) is 0.167. The lowest BCUT2D eigenvalue weighted by Crippen LogP contribution is -2.29. The maximum atomic E-state index is 11.7. The molecule has 1 atom stereocenters. The summed E-state index contributed by atoms with van der Waals surface area (Å²) in [6.45, 7) is -0.123. The van der Waals surface area contributed by atoms with Crippen LogP contribution in [0.4, 0.5) is 5.69 Å². The van der Waals surface area contributed by atoms with Crippen LogP contribution < -0.4 is 10.3 Å². The van der Waals surface area contributed by atoms with Crippen LogP contribution in [0.2, 0.25) is 0 Å². The third-order valence-electron chi connectivity index (χ3n) is 3.75. The van der Waals surface area contributed by atoms with Crippen molar-refractivity contribution in [3.8, 4) is 5.75 Å². The molecule has 0 amide bonds. The molecule has 0 fully saturated rings. The molecule has 0 bridgehead atoms. The molecule has 2 aromatic carbocycles. The molecule has 0 saturated carbocycles. The van der Waals surface area contributed by atoms with Gasteiger partial charge in [-0.2, -0.15) is 0 Å². The average Bonchev–Trinajstić information content (AvgIpc) is 2.61. The SMILES string of the molecule is O=c1ccc([N+](=O)[O-])cn1C[C@@H](O)COc1ccc2ccccc2c1. The second-order valence-corrected chi connectivity index (χ2v) is 5.61. The number of pyridine rings is 1. The number of aliphatic hydroxyl groups excluding tert-OH is 1. The van der Waals surface area contributed by atoms with E-state index in [1.54, 1.807) is 6.07 Å². The zero-order valence-electron chi connectivity index (χ0n) is 13.2. The first-order chi connectivity index (χ1) is 12.0.